The largest absolute Gasteiger partial charge is 0.334 e. The lowest BCUT2D eigenvalue weighted by molar-refractivity contribution is 0.0734. The maximum absolute atomic E-state index is 12.6. The summed E-state index contributed by atoms with van der Waals surface area (Å²) in [7, 11) is 1.50. The SMILES string of the molecule is O=C(c1cccc(S(=O)(=O)Cl)c1)N1CCc2ccccc2C1. The second-order valence-corrected chi connectivity index (χ2v) is 7.78. The summed E-state index contributed by atoms with van der Waals surface area (Å²) < 4.78 is 22.8. The quantitative estimate of drug-likeness (QED) is 0.793. The highest BCUT2D eigenvalue weighted by atomic mass is 35.7. The van der Waals surface area contributed by atoms with Crippen LogP contribution in [-0.2, 0) is 22.0 Å². The van der Waals surface area contributed by atoms with Crippen molar-refractivity contribution in [1.82, 2.24) is 4.90 Å². The Morgan fingerprint density at radius 1 is 1.05 bits per heavy atom. The molecule has 0 atom stereocenters. The van der Waals surface area contributed by atoms with Crippen LogP contribution in [0, 0.1) is 0 Å². The van der Waals surface area contributed by atoms with Crippen LogP contribution < -0.4 is 0 Å². The van der Waals surface area contributed by atoms with Crippen LogP contribution in [0.2, 0.25) is 0 Å². The third kappa shape index (κ3) is 3.00. The van der Waals surface area contributed by atoms with Gasteiger partial charge in [0.1, 0.15) is 0 Å². The molecule has 0 aromatic heterocycles. The highest BCUT2D eigenvalue weighted by molar-refractivity contribution is 8.13. The Bertz CT molecular complexity index is 833. The monoisotopic (exact) mass is 335 g/mol. The minimum Gasteiger partial charge on any atom is -0.334 e. The lowest BCUT2D eigenvalue weighted by Gasteiger charge is -2.29. The van der Waals surface area contributed by atoms with E-state index in [1.165, 1.54) is 23.8 Å². The van der Waals surface area contributed by atoms with Gasteiger partial charge < -0.3 is 4.90 Å². The zero-order valence-electron chi connectivity index (χ0n) is 11.7. The van der Waals surface area contributed by atoms with Gasteiger partial charge in [-0.3, -0.25) is 4.79 Å². The molecule has 0 bridgehead atoms. The Balaban J connectivity index is 1.87. The van der Waals surface area contributed by atoms with Crippen molar-refractivity contribution in [2.75, 3.05) is 6.54 Å². The third-order valence-electron chi connectivity index (χ3n) is 3.78. The van der Waals surface area contributed by atoms with Crippen molar-refractivity contribution in [3.63, 3.8) is 0 Å². The van der Waals surface area contributed by atoms with Crippen LogP contribution in [-0.4, -0.2) is 25.8 Å². The number of hydrogen-bond donors (Lipinski definition) is 0. The molecule has 0 aliphatic carbocycles. The fourth-order valence-corrected chi connectivity index (χ4v) is 3.43. The summed E-state index contributed by atoms with van der Waals surface area (Å²) in [5, 5.41) is 0. The fourth-order valence-electron chi connectivity index (χ4n) is 2.63. The first-order valence-electron chi connectivity index (χ1n) is 6.86. The summed E-state index contributed by atoms with van der Waals surface area (Å²) in [6.07, 6.45) is 0.801. The first-order chi connectivity index (χ1) is 10.4. The van der Waals surface area contributed by atoms with Crippen molar-refractivity contribution in [2.45, 2.75) is 17.9 Å². The minimum atomic E-state index is -3.84. The number of carbonyl (C=O) groups is 1. The van der Waals surface area contributed by atoms with Crippen LogP contribution in [0.3, 0.4) is 0 Å². The third-order valence-corrected chi connectivity index (χ3v) is 5.13. The lowest BCUT2D eigenvalue weighted by atomic mass is 9.99. The van der Waals surface area contributed by atoms with E-state index in [2.05, 4.69) is 6.07 Å². The van der Waals surface area contributed by atoms with Crippen molar-refractivity contribution in [1.29, 1.82) is 0 Å². The Kier molecular flexibility index (Phi) is 3.93. The molecular formula is C16H14ClNO3S. The van der Waals surface area contributed by atoms with Crippen molar-refractivity contribution in [3.05, 3.63) is 65.2 Å². The van der Waals surface area contributed by atoms with Crippen LogP contribution in [0.25, 0.3) is 0 Å². The second kappa shape index (κ2) is 5.74. The van der Waals surface area contributed by atoms with Gasteiger partial charge >= 0.3 is 0 Å². The summed E-state index contributed by atoms with van der Waals surface area (Å²) in [5.74, 6) is -0.184. The molecule has 114 valence electrons. The number of fused-ring (bicyclic) bond motifs is 1. The number of amides is 1. The molecule has 2 aromatic rings. The molecule has 1 aliphatic rings. The zero-order valence-corrected chi connectivity index (χ0v) is 13.3. The van der Waals surface area contributed by atoms with E-state index in [1.807, 2.05) is 18.2 Å². The van der Waals surface area contributed by atoms with Gasteiger partial charge in [-0.25, -0.2) is 8.42 Å². The van der Waals surface area contributed by atoms with Crippen LogP contribution >= 0.6 is 10.7 Å². The molecular weight excluding hydrogens is 322 g/mol. The van der Waals surface area contributed by atoms with Gasteiger partial charge in [0.15, 0.2) is 0 Å². The molecule has 1 heterocycles. The number of halogens is 1. The molecule has 4 nitrogen and oxygen atoms in total. The molecule has 2 aromatic carbocycles. The predicted octanol–water partition coefficient (Wildman–Crippen LogP) is 2.81. The molecule has 3 rings (SSSR count). The van der Waals surface area contributed by atoms with Gasteiger partial charge in [0.05, 0.1) is 4.90 Å². The van der Waals surface area contributed by atoms with Gasteiger partial charge in [0.25, 0.3) is 15.0 Å². The molecule has 6 heteroatoms. The van der Waals surface area contributed by atoms with Gasteiger partial charge in [0.2, 0.25) is 0 Å². The van der Waals surface area contributed by atoms with Crippen molar-refractivity contribution in [2.24, 2.45) is 0 Å². The maximum Gasteiger partial charge on any atom is 0.261 e. The van der Waals surface area contributed by atoms with Gasteiger partial charge in [-0.1, -0.05) is 30.3 Å². The summed E-state index contributed by atoms with van der Waals surface area (Å²) >= 11 is 0. The van der Waals surface area contributed by atoms with Crippen LogP contribution in [0.15, 0.2) is 53.4 Å². The Morgan fingerprint density at radius 2 is 1.77 bits per heavy atom. The molecule has 0 N–H and O–H groups in total. The number of nitrogens with zero attached hydrogens (tertiary/aromatic N) is 1. The molecule has 0 saturated heterocycles. The summed E-state index contributed by atoms with van der Waals surface area (Å²) in [4.78, 5) is 14.2. The fraction of sp³-hybridized carbons (Fsp3) is 0.188. The van der Waals surface area contributed by atoms with Gasteiger partial charge in [0, 0.05) is 29.3 Å². The predicted molar refractivity (Wildman–Crippen MR) is 84.4 cm³/mol. The highest BCUT2D eigenvalue weighted by Crippen LogP contribution is 2.22. The number of hydrogen-bond acceptors (Lipinski definition) is 3. The average Bonchev–Trinajstić information content (AvgIpc) is 2.53. The van der Waals surface area contributed by atoms with E-state index >= 15 is 0 Å². The maximum atomic E-state index is 12.6. The number of benzene rings is 2. The molecule has 0 saturated carbocycles. The van der Waals surface area contributed by atoms with Crippen molar-refractivity contribution in [3.8, 4) is 0 Å². The second-order valence-electron chi connectivity index (χ2n) is 5.21. The molecule has 0 radical (unpaired) electrons. The van der Waals surface area contributed by atoms with E-state index in [0.717, 1.165) is 12.0 Å². The first kappa shape index (κ1) is 15.1. The van der Waals surface area contributed by atoms with Crippen LogP contribution in [0.5, 0.6) is 0 Å². The molecule has 0 spiro atoms. The smallest absolute Gasteiger partial charge is 0.261 e. The summed E-state index contributed by atoms with van der Waals surface area (Å²) in [5.41, 5.74) is 2.72. The first-order valence-corrected chi connectivity index (χ1v) is 9.17. The Hall–Kier alpha value is -1.85. The van der Waals surface area contributed by atoms with E-state index in [1.54, 1.807) is 11.0 Å². The van der Waals surface area contributed by atoms with Gasteiger partial charge in [-0.2, -0.15) is 0 Å². The van der Waals surface area contributed by atoms with Crippen molar-refractivity contribution < 1.29 is 13.2 Å². The van der Waals surface area contributed by atoms with Crippen molar-refractivity contribution >= 4 is 25.6 Å². The molecule has 22 heavy (non-hydrogen) atoms. The van der Waals surface area contributed by atoms with E-state index in [0.29, 0.717) is 18.7 Å². The van der Waals surface area contributed by atoms with Gasteiger partial charge in [-0.15, -0.1) is 0 Å². The standard InChI is InChI=1S/C16H14ClNO3S/c17-22(20,21)15-7-3-6-13(10-15)16(19)18-9-8-12-4-1-2-5-14(12)11-18/h1-7,10H,8-9,11H2. The van der Waals surface area contributed by atoms with Crippen LogP contribution in [0.1, 0.15) is 21.5 Å². The highest BCUT2D eigenvalue weighted by Gasteiger charge is 2.22. The molecule has 0 fully saturated rings. The zero-order chi connectivity index (χ0) is 15.7. The van der Waals surface area contributed by atoms with Crippen LogP contribution in [0.4, 0.5) is 0 Å². The van der Waals surface area contributed by atoms with E-state index in [-0.39, 0.29) is 10.8 Å². The molecule has 0 unspecified atom stereocenters. The van der Waals surface area contributed by atoms with Gasteiger partial charge in [-0.05, 0) is 35.7 Å². The minimum absolute atomic E-state index is 0.0579. The lowest BCUT2D eigenvalue weighted by Crippen LogP contribution is -2.35. The summed E-state index contributed by atoms with van der Waals surface area (Å²) in [6, 6.07) is 13.9. The van der Waals surface area contributed by atoms with E-state index < -0.39 is 9.05 Å². The average molecular weight is 336 g/mol. The molecule has 1 amide bonds. The Labute approximate surface area is 133 Å². The molecule has 1 aliphatic heterocycles. The topological polar surface area (TPSA) is 54.5 Å². The number of rotatable bonds is 2. The normalized spacial score (nSPS) is 14.5. The Morgan fingerprint density at radius 3 is 2.50 bits per heavy atom. The number of carbonyl (C=O) groups excluding carboxylic acids is 1. The summed E-state index contributed by atoms with van der Waals surface area (Å²) in [6.45, 7) is 1.15. The van der Waals surface area contributed by atoms with E-state index in [4.69, 9.17) is 10.7 Å². The van der Waals surface area contributed by atoms with E-state index in [9.17, 15) is 13.2 Å².